The second kappa shape index (κ2) is 6.53. The van der Waals surface area contributed by atoms with E-state index in [9.17, 15) is 5.11 Å². The summed E-state index contributed by atoms with van der Waals surface area (Å²) < 4.78 is 11.1. The third-order valence-corrected chi connectivity index (χ3v) is 3.73. The van der Waals surface area contributed by atoms with E-state index in [0.717, 1.165) is 12.8 Å². The highest BCUT2D eigenvalue weighted by molar-refractivity contribution is 4.93. The molecule has 0 radical (unpaired) electrons. The molecule has 1 N–H and O–H groups in total. The number of rotatable bonds is 6. The molecule has 98 valence electrons. The summed E-state index contributed by atoms with van der Waals surface area (Å²) in [6, 6.07) is 0. The molecule has 2 aliphatic rings. The molecular formula is C14H24O3. The average Bonchev–Trinajstić information content (AvgIpc) is 2.70. The molecule has 0 amide bonds. The van der Waals surface area contributed by atoms with Gasteiger partial charge in [0.2, 0.25) is 0 Å². The fourth-order valence-electron chi connectivity index (χ4n) is 2.64. The molecule has 0 aromatic heterocycles. The number of hydrogen-bond acceptors (Lipinski definition) is 3. The van der Waals surface area contributed by atoms with Crippen molar-refractivity contribution in [3.63, 3.8) is 0 Å². The molecule has 0 saturated carbocycles. The van der Waals surface area contributed by atoms with Gasteiger partial charge in [-0.25, -0.2) is 0 Å². The first-order chi connectivity index (χ1) is 8.31. The molecule has 2 fully saturated rings. The Morgan fingerprint density at radius 3 is 3.00 bits per heavy atom. The summed E-state index contributed by atoms with van der Waals surface area (Å²) in [5, 5.41) is 10.00. The molecule has 4 atom stereocenters. The number of allylic oxidation sites excluding steroid dienone is 2. The van der Waals surface area contributed by atoms with Gasteiger partial charge in [-0.05, 0) is 19.3 Å². The van der Waals surface area contributed by atoms with E-state index in [2.05, 4.69) is 19.1 Å². The van der Waals surface area contributed by atoms with E-state index in [4.69, 9.17) is 9.47 Å². The Hall–Kier alpha value is -0.380. The molecule has 3 heteroatoms. The van der Waals surface area contributed by atoms with Gasteiger partial charge in [0.1, 0.15) is 0 Å². The van der Waals surface area contributed by atoms with E-state index in [-0.39, 0.29) is 24.4 Å². The van der Waals surface area contributed by atoms with Crippen LogP contribution in [0.15, 0.2) is 12.2 Å². The fourth-order valence-corrected chi connectivity index (χ4v) is 2.64. The Labute approximate surface area is 104 Å². The molecule has 2 bridgehead atoms. The first kappa shape index (κ1) is 13.1. The van der Waals surface area contributed by atoms with Crippen LogP contribution in [0.5, 0.6) is 0 Å². The predicted molar refractivity (Wildman–Crippen MR) is 66.6 cm³/mol. The number of aliphatic hydroxyl groups excluding tert-OH is 1. The lowest BCUT2D eigenvalue weighted by molar-refractivity contribution is -0.141. The van der Waals surface area contributed by atoms with E-state index in [1.165, 1.54) is 19.3 Å². The van der Waals surface area contributed by atoms with Gasteiger partial charge in [-0.2, -0.15) is 0 Å². The first-order valence-electron chi connectivity index (χ1n) is 6.91. The minimum Gasteiger partial charge on any atom is -0.393 e. The van der Waals surface area contributed by atoms with Crippen molar-refractivity contribution in [1.82, 2.24) is 0 Å². The van der Waals surface area contributed by atoms with Gasteiger partial charge in [0.05, 0.1) is 18.8 Å². The predicted octanol–water partition coefficient (Wildman–Crippen LogP) is 2.64. The Morgan fingerprint density at radius 2 is 2.18 bits per heavy atom. The van der Waals surface area contributed by atoms with Crippen LogP contribution in [0.2, 0.25) is 0 Å². The van der Waals surface area contributed by atoms with Crippen molar-refractivity contribution in [3.8, 4) is 0 Å². The van der Waals surface area contributed by atoms with E-state index in [1.807, 2.05) is 0 Å². The molecule has 0 unspecified atom stereocenters. The van der Waals surface area contributed by atoms with Crippen LogP contribution < -0.4 is 0 Å². The monoisotopic (exact) mass is 240 g/mol. The third-order valence-electron chi connectivity index (χ3n) is 3.73. The lowest BCUT2D eigenvalue weighted by Gasteiger charge is -2.31. The van der Waals surface area contributed by atoms with Crippen LogP contribution in [0.3, 0.4) is 0 Å². The molecule has 17 heavy (non-hydrogen) atoms. The van der Waals surface area contributed by atoms with Gasteiger partial charge < -0.3 is 14.6 Å². The van der Waals surface area contributed by atoms with Gasteiger partial charge in [0.25, 0.3) is 0 Å². The van der Waals surface area contributed by atoms with E-state index < -0.39 is 0 Å². The quantitative estimate of drug-likeness (QED) is 0.573. The Bertz CT molecular complexity index is 252. The van der Waals surface area contributed by atoms with Crippen LogP contribution in [0.1, 0.15) is 45.4 Å². The van der Waals surface area contributed by atoms with Gasteiger partial charge in [0.15, 0.2) is 6.29 Å². The first-order valence-corrected chi connectivity index (χ1v) is 6.91. The van der Waals surface area contributed by atoms with Crippen molar-refractivity contribution in [2.45, 2.75) is 63.9 Å². The highest BCUT2D eigenvalue weighted by Gasteiger charge is 2.42. The second-order valence-electron chi connectivity index (χ2n) is 5.11. The van der Waals surface area contributed by atoms with Crippen molar-refractivity contribution in [3.05, 3.63) is 12.2 Å². The van der Waals surface area contributed by atoms with Gasteiger partial charge in [-0.1, -0.05) is 31.9 Å². The van der Waals surface area contributed by atoms with Crippen LogP contribution in [-0.2, 0) is 9.47 Å². The Morgan fingerprint density at radius 1 is 1.29 bits per heavy atom. The molecule has 2 rings (SSSR count). The number of unbranched alkanes of at least 4 members (excludes halogenated alkanes) is 3. The van der Waals surface area contributed by atoms with Crippen molar-refractivity contribution >= 4 is 0 Å². The summed E-state index contributed by atoms with van der Waals surface area (Å²) >= 11 is 0. The van der Waals surface area contributed by atoms with Gasteiger partial charge in [-0.15, -0.1) is 0 Å². The van der Waals surface area contributed by atoms with Crippen LogP contribution in [-0.4, -0.2) is 30.2 Å². The molecular weight excluding hydrogens is 216 g/mol. The number of fused-ring (bicyclic) bond motifs is 2. The summed E-state index contributed by atoms with van der Waals surface area (Å²) in [5.41, 5.74) is 0. The molecule has 3 nitrogen and oxygen atoms in total. The smallest absolute Gasteiger partial charge is 0.160 e. The van der Waals surface area contributed by atoms with Gasteiger partial charge in [0, 0.05) is 12.3 Å². The van der Waals surface area contributed by atoms with E-state index in [1.54, 1.807) is 0 Å². The highest BCUT2D eigenvalue weighted by atomic mass is 16.7. The summed E-state index contributed by atoms with van der Waals surface area (Å²) in [7, 11) is 0. The van der Waals surface area contributed by atoms with Crippen molar-refractivity contribution < 1.29 is 14.6 Å². The van der Waals surface area contributed by atoms with E-state index >= 15 is 0 Å². The van der Waals surface area contributed by atoms with Crippen LogP contribution >= 0.6 is 0 Å². The second-order valence-corrected chi connectivity index (χ2v) is 5.11. The molecule has 2 aliphatic heterocycles. The zero-order chi connectivity index (χ0) is 12.1. The summed E-state index contributed by atoms with van der Waals surface area (Å²) in [4.78, 5) is 0. The fraction of sp³-hybridized carbons (Fsp3) is 0.857. The number of hydrogen-bond donors (Lipinski definition) is 1. The van der Waals surface area contributed by atoms with Crippen molar-refractivity contribution in [2.75, 3.05) is 6.61 Å². The zero-order valence-electron chi connectivity index (χ0n) is 10.7. The maximum absolute atomic E-state index is 10.00. The average molecular weight is 240 g/mol. The lowest BCUT2D eigenvalue weighted by Crippen LogP contribution is -2.39. The lowest BCUT2D eigenvalue weighted by atomic mass is 9.89. The molecule has 0 aliphatic carbocycles. The molecule has 2 saturated heterocycles. The summed E-state index contributed by atoms with van der Waals surface area (Å²) in [6.45, 7) is 2.87. The molecule has 2 heterocycles. The maximum atomic E-state index is 10.00. The SMILES string of the molecule is CCCCC/C=C\C[C@H]1[C@H](O)C[C@@H]2OC[C@H]1O2. The van der Waals surface area contributed by atoms with Gasteiger partial charge >= 0.3 is 0 Å². The van der Waals surface area contributed by atoms with Gasteiger partial charge in [-0.3, -0.25) is 0 Å². The third kappa shape index (κ3) is 3.54. The largest absolute Gasteiger partial charge is 0.393 e. The zero-order valence-corrected chi connectivity index (χ0v) is 10.7. The minimum atomic E-state index is -0.262. The van der Waals surface area contributed by atoms with Crippen LogP contribution in [0, 0.1) is 5.92 Å². The maximum Gasteiger partial charge on any atom is 0.160 e. The Balaban J connectivity index is 1.70. The van der Waals surface area contributed by atoms with Crippen molar-refractivity contribution in [2.24, 2.45) is 5.92 Å². The van der Waals surface area contributed by atoms with Crippen LogP contribution in [0.4, 0.5) is 0 Å². The normalized spacial score (nSPS) is 36.8. The number of aliphatic hydroxyl groups is 1. The van der Waals surface area contributed by atoms with Crippen molar-refractivity contribution in [1.29, 1.82) is 0 Å². The summed E-state index contributed by atoms with van der Waals surface area (Å²) in [5.74, 6) is 0.219. The molecule has 0 spiro atoms. The van der Waals surface area contributed by atoms with Crippen LogP contribution in [0.25, 0.3) is 0 Å². The Kier molecular flexibility index (Phi) is 5.01. The number of ether oxygens (including phenoxy) is 2. The topological polar surface area (TPSA) is 38.7 Å². The van der Waals surface area contributed by atoms with E-state index in [0.29, 0.717) is 13.0 Å². The summed E-state index contributed by atoms with van der Waals surface area (Å²) in [6.07, 6.45) is 10.7. The highest BCUT2D eigenvalue weighted by Crippen LogP contribution is 2.34. The minimum absolute atomic E-state index is 0.101. The standard InChI is InChI=1S/C14H24O3/c1-2-3-4-5-6-7-8-11-12(15)9-14-16-10-13(11)17-14/h6-7,11-15H,2-5,8-10H2,1H3/b7-6-/t11-,12+,13+,14+/m0/s1. The molecule has 0 aromatic rings. The molecule has 0 aromatic carbocycles.